The highest BCUT2D eigenvalue weighted by molar-refractivity contribution is 9.10. The highest BCUT2D eigenvalue weighted by Gasteiger charge is 2.58. The third-order valence-corrected chi connectivity index (χ3v) is 4.62. The van der Waals surface area contributed by atoms with Crippen molar-refractivity contribution in [2.75, 3.05) is 13.2 Å². The predicted molar refractivity (Wildman–Crippen MR) is 77.3 cm³/mol. The van der Waals surface area contributed by atoms with Crippen LogP contribution >= 0.6 is 15.9 Å². The lowest BCUT2D eigenvalue weighted by Crippen LogP contribution is -2.53. The van der Waals surface area contributed by atoms with Gasteiger partial charge in [0.05, 0.1) is 6.61 Å². The van der Waals surface area contributed by atoms with Crippen LogP contribution in [-0.2, 0) is 14.9 Å². The molecule has 2 aliphatic rings. The van der Waals surface area contributed by atoms with E-state index < -0.39 is 11.3 Å². The predicted octanol–water partition coefficient (Wildman–Crippen LogP) is 4.05. The van der Waals surface area contributed by atoms with Gasteiger partial charge in [0.25, 0.3) is 0 Å². The molecule has 1 aliphatic heterocycles. The van der Waals surface area contributed by atoms with Crippen molar-refractivity contribution >= 4 is 15.9 Å². The van der Waals surface area contributed by atoms with Crippen LogP contribution in [0.15, 0.2) is 22.8 Å². The Hall–Kier alpha value is -0.590. The number of alkyl halides is 2. The largest absolute Gasteiger partial charge is 0.353 e. The molecule has 21 heavy (non-hydrogen) atoms. The Bertz CT molecular complexity index is 481. The maximum atomic E-state index is 13.4. The SMILES string of the molecule is FC1(F)CC(COC2CCCCO2)(c2ccc(Br)cn2)C1. The van der Waals surface area contributed by atoms with Crippen molar-refractivity contribution in [2.45, 2.75) is 49.7 Å². The first-order valence-electron chi connectivity index (χ1n) is 7.22. The van der Waals surface area contributed by atoms with E-state index in [0.717, 1.165) is 23.7 Å². The lowest BCUT2D eigenvalue weighted by molar-refractivity contribution is -0.205. The van der Waals surface area contributed by atoms with Crippen LogP contribution in [0.3, 0.4) is 0 Å². The smallest absolute Gasteiger partial charge is 0.250 e. The Balaban J connectivity index is 1.70. The number of pyridine rings is 1. The van der Waals surface area contributed by atoms with Gasteiger partial charge in [-0.2, -0.15) is 0 Å². The van der Waals surface area contributed by atoms with Gasteiger partial charge in [0, 0.05) is 41.2 Å². The minimum Gasteiger partial charge on any atom is -0.353 e. The van der Waals surface area contributed by atoms with Crippen molar-refractivity contribution in [1.29, 1.82) is 0 Å². The lowest BCUT2D eigenvalue weighted by Gasteiger charge is -2.47. The molecule has 1 aliphatic carbocycles. The Morgan fingerprint density at radius 2 is 2.14 bits per heavy atom. The average Bonchev–Trinajstić information content (AvgIpc) is 2.44. The summed E-state index contributed by atoms with van der Waals surface area (Å²) < 4.78 is 39.0. The van der Waals surface area contributed by atoms with Gasteiger partial charge in [-0.1, -0.05) is 0 Å². The molecule has 0 bridgehead atoms. The molecule has 1 saturated carbocycles. The van der Waals surface area contributed by atoms with Crippen LogP contribution in [0.1, 0.15) is 37.8 Å². The average molecular weight is 362 g/mol. The highest BCUT2D eigenvalue weighted by atomic mass is 79.9. The third-order valence-electron chi connectivity index (χ3n) is 4.15. The van der Waals surface area contributed by atoms with E-state index in [1.807, 2.05) is 6.07 Å². The molecule has 0 N–H and O–H groups in total. The second kappa shape index (κ2) is 5.89. The first-order chi connectivity index (χ1) is 9.99. The third kappa shape index (κ3) is 3.43. The first kappa shape index (κ1) is 15.3. The number of halogens is 3. The van der Waals surface area contributed by atoms with Gasteiger partial charge >= 0.3 is 0 Å². The van der Waals surface area contributed by atoms with Crippen LogP contribution < -0.4 is 0 Å². The second-order valence-electron chi connectivity index (χ2n) is 5.96. The van der Waals surface area contributed by atoms with Gasteiger partial charge in [-0.15, -0.1) is 0 Å². The normalized spacial score (nSPS) is 27.1. The molecule has 2 fully saturated rings. The summed E-state index contributed by atoms with van der Waals surface area (Å²) in [6, 6.07) is 3.63. The fourth-order valence-electron chi connectivity index (χ4n) is 3.08. The van der Waals surface area contributed by atoms with E-state index in [4.69, 9.17) is 9.47 Å². The zero-order valence-corrected chi connectivity index (χ0v) is 13.2. The van der Waals surface area contributed by atoms with Crippen molar-refractivity contribution < 1.29 is 18.3 Å². The van der Waals surface area contributed by atoms with Crippen molar-refractivity contribution in [3.05, 3.63) is 28.5 Å². The summed E-state index contributed by atoms with van der Waals surface area (Å²) >= 11 is 3.31. The highest BCUT2D eigenvalue weighted by Crippen LogP contribution is 2.53. The van der Waals surface area contributed by atoms with Crippen LogP contribution in [0.4, 0.5) is 8.78 Å². The van der Waals surface area contributed by atoms with E-state index in [9.17, 15) is 8.78 Å². The molecule has 1 saturated heterocycles. The van der Waals surface area contributed by atoms with E-state index in [0.29, 0.717) is 12.3 Å². The van der Waals surface area contributed by atoms with Gasteiger partial charge in [-0.05, 0) is 47.3 Å². The molecule has 0 aromatic carbocycles. The molecule has 1 unspecified atom stereocenters. The summed E-state index contributed by atoms with van der Waals surface area (Å²) in [6.45, 7) is 0.923. The fraction of sp³-hybridized carbons (Fsp3) is 0.667. The number of hydrogen-bond donors (Lipinski definition) is 0. The minimum atomic E-state index is -2.62. The Morgan fingerprint density at radius 3 is 2.71 bits per heavy atom. The van der Waals surface area contributed by atoms with Crippen LogP contribution in [0.5, 0.6) is 0 Å². The molecule has 1 aromatic rings. The maximum Gasteiger partial charge on any atom is 0.250 e. The minimum absolute atomic E-state index is 0.207. The first-order valence-corrected chi connectivity index (χ1v) is 8.02. The molecule has 3 nitrogen and oxygen atoms in total. The molecule has 116 valence electrons. The van der Waals surface area contributed by atoms with Gasteiger partial charge < -0.3 is 9.47 Å². The van der Waals surface area contributed by atoms with E-state index in [1.54, 1.807) is 12.3 Å². The van der Waals surface area contributed by atoms with E-state index in [2.05, 4.69) is 20.9 Å². The number of aromatic nitrogens is 1. The fourth-order valence-corrected chi connectivity index (χ4v) is 3.31. The van der Waals surface area contributed by atoms with Crippen molar-refractivity contribution in [2.24, 2.45) is 0 Å². The summed E-state index contributed by atoms with van der Waals surface area (Å²) in [5.74, 6) is -2.62. The topological polar surface area (TPSA) is 31.4 Å². The summed E-state index contributed by atoms with van der Waals surface area (Å²) in [4.78, 5) is 4.30. The Morgan fingerprint density at radius 1 is 1.33 bits per heavy atom. The number of rotatable bonds is 4. The summed E-state index contributed by atoms with van der Waals surface area (Å²) in [7, 11) is 0. The molecular formula is C15H18BrF2NO2. The second-order valence-corrected chi connectivity index (χ2v) is 6.87. The number of hydrogen-bond acceptors (Lipinski definition) is 3. The molecule has 1 aromatic heterocycles. The van der Waals surface area contributed by atoms with Crippen molar-refractivity contribution in [1.82, 2.24) is 4.98 Å². The molecule has 0 amide bonds. The Kier molecular flexibility index (Phi) is 4.30. The van der Waals surface area contributed by atoms with Gasteiger partial charge in [0.1, 0.15) is 0 Å². The standard InChI is InChI=1S/C15H18BrF2NO2/c16-11-4-5-12(19-7-11)14(8-15(17,18)9-14)10-21-13-3-1-2-6-20-13/h4-5,7,13H,1-3,6,8-10H2. The molecule has 3 rings (SSSR count). The van der Waals surface area contributed by atoms with Gasteiger partial charge in [-0.3, -0.25) is 4.98 Å². The van der Waals surface area contributed by atoms with Crippen molar-refractivity contribution in [3.8, 4) is 0 Å². The molecular weight excluding hydrogens is 344 g/mol. The van der Waals surface area contributed by atoms with Crippen molar-refractivity contribution in [3.63, 3.8) is 0 Å². The number of ether oxygens (including phenoxy) is 2. The van der Waals surface area contributed by atoms with Crippen LogP contribution in [0.25, 0.3) is 0 Å². The summed E-state index contributed by atoms with van der Waals surface area (Å²) in [5, 5.41) is 0. The van der Waals surface area contributed by atoms with E-state index in [-0.39, 0.29) is 25.7 Å². The molecule has 0 radical (unpaired) electrons. The summed E-state index contributed by atoms with van der Waals surface area (Å²) in [6.07, 6.45) is 3.90. The quantitative estimate of drug-likeness (QED) is 0.810. The van der Waals surface area contributed by atoms with Gasteiger partial charge in [-0.25, -0.2) is 8.78 Å². The van der Waals surface area contributed by atoms with Gasteiger partial charge in [0.2, 0.25) is 5.92 Å². The monoisotopic (exact) mass is 361 g/mol. The van der Waals surface area contributed by atoms with Crippen LogP contribution in [0, 0.1) is 0 Å². The summed E-state index contributed by atoms with van der Waals surface area (Å²) in [5.41, 5.74) is -0.0159. The molecule has 6 heteroatoms. The molecule has 0 spiro atoms. The molecule has 1 atom stereocenters. The van der Waals surface area contributed by atoms with Gasteiger partial charge in [0.15, 0.2) is 6.29 Å². The van der Waals surface area contributed by atoms with Crippen LogP contribution in [0.2, 0.25) is 0 Å². The lowest BCUT2D eigenvalue weighted by atomic mass is 9.64. The van der Waals surface area contributed by atoms with Crippen LogP contribution in [-0.4, -0.2) is 30.4 Å². The van der Waals surface area contributed by atoms with E-state index in [1.165, 1.54) is 0 Å². The number of nitrogens with zero attached hydrogens (tertiary/aromatic N) is 1. The zero-order valence-electron chi connectivity index (χ0n) is 11.7. The zero-order chi connectivity index (χ0) is 14.9. The maximum absolute atomic E-state index is 13.4. The van der Waals surface area contributed by atoms with E-state index >= 15 is 0 Å². The Labute approximate surface area is 131 Å². The molecule has 2 heterocycles.